The molecule has 6 heteroatoms. The molecule has 0 radical (unpaired) electrons. The Morgan fingerprint density at radius 2 is 1.79 bits per heavy atom. The Kier molecular flexibility index (Phi) is 7.25. The summed E-state index contributed by atoms with van der Waals surface area (Å²) in [6, 6.07) is 12.1. The number of pyridine rings is 1. The maximum absolute atomic E-state index is 12.6. The van der Waals surface area contributed by atoms with Crippen LogP contribution >= 0.6 is 0 Å². The second-order valence-corrected chi connectivity index (χ2v) is 7.20. The van der Waals surface area contributed by atoms with Crippen molar-refractivity contribution in [3.8, 4) is 5.75 Å². The Balaban J connectivity index is 1.40. The van der Waals surface area contributed by atoms with Gasteiger partial charge in [0.2, 0.25) is 5.91 Å². The fraction of sp³-hybridized carbons (Fsp3) is 0.455. The van der Waals surface area contributed by atoms with E-state index in [1.54, 1.807) is 7.11 Å². The van der Waals surface area contributed by atoms with Crippen LogP contribution < -0.4 is 9.64 Å². The molecule has 1 aliphatic rings. The van der Waals surface area contributed by atoms with Crippen LogP contribution in [-0.4, -0.2) is 74.1 Å². The lowest BCUT2D eigenvalue weighted by molar-refractivity contribution is -0.131. The Hall–Kier alpha value is -2.60. The van der Waals surface area contributed by atoms with Gasteiger partial charge >= 0.3 is 0 Å². The summed E-state index contributed by atoms with van der Waals surface area (Å²) >= 11 is 0. The number of methoxy groups -OCH3 is 1. The van der Waals surface area contributed by atoms with E-state index in [1.807, 2.05) is 47.6 Å². The van der Waals surface area contributed by atoms with E-state index in [0.29, 0.717) is 6.42 Å². The third kappa shape index (κ3) is 5.45. The first-order valence-corrected chi connectivity index (χ1v) is 9.90. The number of rotatable bonds is 8. The highest BCUT2D eigenvalue weighted by Crippen LogP contribution is 2.28. The fourth-order valence-corrected chi connectivity index (χ4v) is 3.51. The highest BCUT2D eigenvalue weighted by atomic mass is 16.5. The van der Waals surface area contributed by atoms with E-state index in [4.69, 9.17) is 4.74 Å². The molecule has 1 fully saturated rings. The Morgan fingerprint density at radius 3 is 2.50 bits per heavy atom. The van der Waals surface area contributed by atoms with Crippen LogP contribution in [0.15, 0.2) is 48.8 Å². The number of carbonyl (C=O) groups is 1. The topological polar surface area (TPSA) is 48.9 Å². The van der Waals surface area contributed by atoms with Gasteiger partial charge in [0.1, 0.15) is 5.75 Å². The number of aromatic nitrogens is 1. The summed E-state index contributed by atoms with van der Waals surface area (Å²) in [6.07, 6.45) is 5.19. The number of amides is 1. The molecule has 1 amide bonds. The van der Waals surface area contributed by atoms with Crippen LogP contribution in [0.3, 0.4) is 0 Å². The second-order valence-electron chi connectivity index (χ2n) is 7.20. The normalized spacial score (nSPS) is 14.4. The van der Waals surface area contributed by atoms with Crippen molar-refractivity contribution in [2.45, 2.75) is 12.8 Å². The van der Waals surface area contributed by atoms with Gasteiger partial charge in [-0.1, -0.05) is 12.1 Å². The molecular weight excluding hydrogens is 352 g/mol. The summed E-state index contributed by atoms with van der Waals surface area (Å²) in [5.74, 6) is 1.13. The molecule has 0 aliphatic carbocycles. The minimum atomic E-state index is 0.246. The van der Waals surface area contributed by atoms with Gasteiger partial charge in [-0.2, -0.15) is 0 Å². The van der Waals surface area contributed by atoms with Crippen LogP contribution in [0.2, 0.25) is 0 Å². The standard InChI is InChI=1S/C22H30N4O2/c1-24(13-9-19-7-11-23-12-8-19)14-10-22(27)26-17-15-25(16-18-26)20-5-3-4-6-21(20)28-2/h3-8,11-12H,9-10,13-18H2,1-2H3. The number of ether oxygens (including phenoxy) is 1. The van der Waals surface area contributed by atoms with Crippen LogP contribution in [0, 0.1) is 0 Å². The van der Waals surface area contributed by atoms with Crippen LogP contribution in [-0.2, 0) is 11.2 Å². The van der Waals surface area contributed by atoms with Crippen LogP contribution in [0.1, 0.15) is 12.0 Å². The number of likely N-dealkylation sites (N-methyl/N-ethyl adjacent to an activating group) is 1. The van der Waals surface area contributed by atoms with Gasteiger partial charge in [0.25, 0.3) is 0 Å². The van der Waals surface area contributed by atoms with Gasteiger partial charge in [0.15, 0.2) is 0 Å². The zero-order chi connectivity index (χ0) is 19.8. The van der Waals surface area contributed by atoms with Gasteiger partial charge in [-0.05, 0) is 43.3 Å². The monoisotopic (exact) mass is 382 g/mol. The quantitative estimate of drug-likeness (QED) is 0.701. The summed E-state index contributed by atoms with van der Waals surface area (Å²) in [4.78, 5) is 23.1. The van der Waals surface area contributed by atoms with E-state index in [0.717, 1.165) is 57.1 Å². The number of anilines is 1. The molecule has 28 heavy (non-hydrogen) atoms. The summed E-state index contributed by atoms with van der Waals surface area (Å²) < 4.78 is 5.46. The third-order valence-corrected chi connectivity index (χ3v) is 5.30. The molecular formula is C22H30N4O2. The highest BCUT2D eigenvalue weighted by molar-refractivity contribution is 5.76. The molecule has 2 heterocycles. The van der Waals surface area contributed by atoms with Crippen molar-refractivity contribution in [3.63, 3.8) is 0 Å². The Bertz CT molecular complexity index is 745. The molecule has 1 aromatic heterocycles. The SMILES string of the molecule is COc1ccccc1N1CCN(C(=O)CCN(C)CCc2ccncc2)CC1. The van der Waals surface area contributed by atoms with E-state index in [-0.39, 0.29) is 5.91 Å². The van der Waals surface area contributed by atoms with Gasteiger partial charge in [-0.15, -0.1) is 0 Å². The molecule has 1 saturated heterocycles. The zero-order valence-electron chi connectivity index (χ0n) is 16.9. The number of benzene rings is 1. The van der Waals surface area contributed by atoms with E-state index in [2.05, 4.69) is 27.9 Å². The van der Waals surface area contributed by atoms with Crippen molar-refractivity contribution < 1.29 is 9.53 Å². The van der Waals surface area contributed by atoms with Crippen LogP contribution in [0.25, 0.3) is 0 Å². The van der Waals surface area contributed by atoms with Crippen molar-refractivity contribution in [2.75, 3.05) is 58.3 Å². The molecule has 0 spiro atoms. The van der Waals surface area contributed by atoms with Crippen molar-refractivity contribution in [3.05, 3.63) is 54.4 Å². The summed E-state index contributed by atoms with van der Waals surface area (Å²) in [6.45, 7) is 4.93. The lowest BCUT2D eigenvalue weighted by Gasteiger charge is -2.36. The van der Waals surface area contributed by atoms with Gasteiger partial charge < -0.3 is 19.4 Å². The molecule has 3 rings (SSSR count). The number of carbonyl (C=O) groups excluding carboxylic acids is 1. The largest absolute Gasteiger partial charge is 0.495 e. The molecule has 150 valence electrons. The average molecular weight is 383 g/mol. The Labute approximate surface area is 167 Å². The molecule has 0 N–H and O–H groups in total. The summed E-state index contributed by atoms with van der Waals surface area (Å²) in [5, 5.41) is 0. The van der Waals surface area contributed by atoms with E-state index >= 15 is 0 Å². The predicted molar refractivity (Wildman–Crippen MR) is 112 cm³/mol. The fourth-order valence-electron chi connectivity index (χ4n) is 3.51. The first-order valence-electron chi connectivity index (χ1n) is 9.90. The molecule has 0 saturated carbocycles. The minimum Gasteiger partial charge on any atom is -0.495 e. The maximum atomic E-state index is 12.6. The number of hydrogen-bond donors (Lipinski definition) is 0. The number of piperazine rings is 1. The van der Waals surface area contributed by atoms with Gasteiger partial charge in [-0.25, -0.2) is 0 Å². The van der Waals surface area contributed by atoms with Crippen LogP contribution in [0.4, 0.5) is 5.69 Å². The first kappa shape index (κ1) is 20.1. The molecule has 1 aliphatic heterocycles. The Morgan fingerprint density at radius 1 is 1.07 bits per heavy atom. The zero-order valence-corrected chi connectivity index (χ0v) is 16.9. The average Bonchev–Trinajstić information content (AvgIpc) is 2.76. The van der Waals surface area contributed by atoms with E-state index in [9.17, 15) is 4.79 Å². The van der Waals surface area contributed by atoms with Gasteiger partial charge in [0, 0.05) is 58.1 Å². The molecule has 2 aromatic rings. The number of para-hydroxylation sites is 2. The molecule has 0 unspecified atom stereocenters. The van der Waals surface area contributed by atoms with Crippen LogP contribution in [0.5, 0.6) is 5.75 Å². The van der Waals surface area contributed by atoms with E-state index in [1.165, 1.54) is 5.56 Å². The lowest BCUT2D eigenvalue weighted by Crippen LogP contribution is -2.49. The van der Waals surface area contributed by atoms with Crippen molar-refractivity contribution in [1.29, 1.82) is 0 Å². The predicted octanol–water partition coefficient (Wildman–Crippen LogP) is 2.30. The second kappa shape index (κ2) is 10.1. The molecule has 0 atom stereocenters. The van der Waals surface area contributed by atoms with Gasteiger partial charge in [0.05, 0.1) is 12.8 Å². The molecule has 1 aromatic carbocycles. The van der Waals surface area contributed by atoms with Crippen molar-refractivity contribution in [1.82, 2.24) is 14.8 Å². The third-order valence-electron chi connectivity index (χ3n) is 5.30. The summed E-state index contributed by atoms with van der Waals surface area (Å²) in [5.41, 5.74) is 2.38. The van der Waals surface area contributed by atoms with Crippen molar-refractivity contribution >= 4 is 11.6 Å². The summed E-state index contributed by atoms with van der Waals surface area (Å²) in [7, 11) is 3.78. The molecule has 6 nitrogen and oxygen atoms in total. The number of nitrogens with zero attached hydrogens (tertiary/aromatic N) is 4. The number of hydrogen-bond acceptors (Lipinski definition) is 5. The van der Waals surface area contributed by atoms with Crippen molar-refractivity contribution in [2.24, 2.45) is 0 Å². The van der Waals surface area contributed by atoms with Gasteiger partial charge in [-0.3, -0.25) is 9.78 Å². The van der Waals surface area contributed by atoms with E-state index < -0.39 is 0 Å². The molecule has 0 bridgehead atoms. The lowest BCUT2D eigenvalue weighted by atomic mass is 10.2. The smallest absolute Gasteiger partial charge is 0.223 e. The maximum Gasteiger partial charge on any atom is 0.223 e. The first-order chi connectivity index (χ1) is 13.7. The highest BCUT2D eigenvalue weighted by Gasteiger charge is 2.22. The minimum absolute atomic E-state index is 0.246.